The molecule has 1 amide bonds. The maximum absolute atomic E-state index is 12.4. The first-order valence-electron chi connectivity index (χ1n) is 11.4. The molecule has 0 fully saturated rings. The quantitative estimate of drug-likeness (QED) is 0.335. The first-order chi connectivity index (χ1) is 16.9. The normalized spacial score (nSPS) is 14.1. The van der Waals surface area contributed by atoms with Gasteiger partial charge in [0.1, 0.15) is 17.2 Å². The first-order valence-corrected chi connectivity index (χ1v) is 12.1. The van der Waals surface area contributed by atoms with Crippen molar-refractivity contribution in [2.45, 2.75) is 31.6 Å². The van der Waals surface area contributed by atoms with Crippen molar-refractivity contribution in [3.63, 3.8) is 0 Å². The van der Waals surface area contributed by atoms with Gasteiger partial charge in [0.25, 0.3) is 5.91 Å². The summed E-state index contributed by atoms with van der Waals surface area (Å²) >= 11 is 12.2. The maximum Gasteiger partial charge on any atom is 1.00 e. The Morgan fingerprint density at radius 1 is 1.03 bits per heavy atom. The van der Waals surface area contributed by atoms with Gasteiger partial charge in [0.05, 0.1) is 11.6 Å². The van der Waals surface area contributed by atoms with Crippen LogP contribution in [0.2, 0.25) is 10.0 Å². The first kappa shape index (κ1) is 28.4. The molecule has 3 aromatic carbocycles. The number of carbonyl (C=O) groups is 2. The Labute approximate surface area is 242 Å². The van der Waals surface area contributed by atoms with Gasteiger partial charge in [0.2, 0.25) is 0 Å². The second-order valence-electron chi connectivity index (χ2n) is 8.30. The molecule has 1 aliphatic heterocycles. The van der Waals surface area contributed by atoms with E-state index in [4.69, 9.17) is 32.7 Å². The second-order valence-corrected chi connectivity index (χ2v) is 9.14. The molecular weight excluding hydrogens is 512 g/mol. The molecule has 1 atom stereocenters. The molecule has 4 rings (SSSR count). The maximum atomic E-state index is 12.4. The van der Waals surface area contributed by atoms with Crippen LogP contribution >= 0.6 is 23.2 Å². The molecule has 3 aromatic rings. The third kappa shape index (κ3) is 7.40. The van der Waals surface area contributed by atoms with Crippen LogP contribution in [0.15, 0.2) is 60.7 Å². The largest absolute Gasteiger partial charge is 1.00 e. The number of hydrogen-bond acceptors (Lipinski definition) is 5. The predicted octanol–water partition coefficient (Wildman–Crippen LogP) is 2.16. The molecular formula is C27H24Cl2NNaO5. The minimum Gasteiger partial charge on any atom is -0.549 e. The number of hydrogen-bond donors (Lipinski definition) is 1. The number of benzene rings is 3. The van der Waals surface area contributed by atoms with E-state index in [2.05, 4.69) is 5.32 Å². The van der Waals surface area contributed by atoms with Gasteiger partial charge in [-0.15, -0.1) is 0 Å². The van der Waals surface area contributed by atoms with Gasteiger partial charge in [0.15, 0.2) is 0 Å². The number of rotatable bonds is 9. The van der Waals surface area contributed by atoms with Gasteiger partial charge in [-0.3, -0.25) is 4.79 Å². The number of nitrogens with one attached hydrogen (secondary N) is 1. The summed E-state index contributed by atoms with van der Waals surface area (Å²) in [6, 6.07) is 17.6. The van der Waals surface area contributed by atoms with Gasteiger partial charge in [-0.25, -0.2) is 0 Å². The third-order valence-electron chi connectivity index (χ3n) is 5.82. The monoisotopic (exact) mass is 535 g/mol. The number of aryl methyl sites for hydroxylation is 1. The van der Waals surface area contributed by atoms with Gasteiger partial charge >= 0.3 is 29.6 Å². The van der Waals surface area contributed by atoms with E-state index in [1.54, 1.807) is 36.4 Å². The molecule has 0 radical (unpaired) electrons. The minimum atomic E-state index is -1.16. The predicted molar refractivity (Wildman–Crippen MR) is 133 cm³/mol. The van der Waals surface area contributed by atoms with E-state index in [0.717, 1.165) is 24.3 Å². The number of ether oxygens (including phenoxy) is 2. The number of amides is 1. The van der Waals surface area contributed by atoms with Gasteiger partial charge < -0.3 is 24.7 Å². The zero-order valence-corrected chi connectivity index (χ0v) is 23.4. The van der Waals surface area contributed by atoms with E-state index >= 15 is 0 Å². The fourth-order valence-corrected chi connectivity index (χ4v) is 4.26. The summed E-state index contributed by atoms with van der Waals surface area (Å²) in [7, 11) is 0. The van der Waals surface area contributed by atoms with Crippen LogP contribution in [0.25, 0.3) is 0 Å². The number of carbonyl (C=O) groups excluding carboxylic acids is 2. The molecule has 0 saturated heterocycles. The summed E-state index contributed by atoms with van der Waals surface area (Å²) in [6.07, 6.45) is 3.10. The van der Waals surface area contributed by atoms with Gasteiger partial charge in [-0.05, 0) is 73.7 Å². The molecule has 6 nitrogen and oxygen atoms in total. The van der Waals surface area contributed by atoms with Crippen molar-refractivity contribution < 1.29 is 53.7 Å². The van der Waals surface area contributed by atoms with E-state index in [0.29, 0.717) is 41.3 Å². The number of halogens is 2. The van der Waals surface area contributed by atoms with Crippen LogP contribution in [0.3, 0.4) is 0 Å². The molecule has 1 N–H and O–H groups in total. The average molecular weight is 536 g/mol. The van der Waals surface area contributed by atoms with E-state index in [1.807, 2.05) is 24.3 Å². The molecule has 1 heterocycles. The van der Waals surface area contributed by atoms with Crippen molar-refractivity contribution in [3.05, 3.63) is 87.4 Å². The van der Waals surface area contributed by atoms with Gasteiger partial charge in [0, 0.05) is 40.6 Å². The SMILES string of the molecule is O=C(NCCCCc1ccc(Cl)cc1)c1ccc(Oc2cc3c(cc2Cl)C(C(=O)[O-])CCO3)cc1.[Na+]. The Bertz CT molecular complexity index is 1200. The van der Waals surface area contributed by atoms with Crippen LogP contribution < -0.4 is 49.5 Å². The fraction of sp³-hybridized carbons (Fsp3) is 0.259. The van der Waals surface area contributed by atoms with E-state index in [1.165, 1.54) is 5.56 Å². The summed E-state index contributed by atoms with van der Waals surface area (Å²) in [4.78, 5) is 23.8. The number of aliphatic carboxylic acids is 1. The summed E-state index contributed by atoms with van der Waals surface area (Å²) in [5, 5.41) is 15.3. The van der Waals surface area contributed by atoms with Crippen molar-refractivity contribution >= 4 is 35.1 Å². The van der Waals surface area contributed by atoms with Crippen LogP contribution in [0.1, 0.15) is 46.7 Å². The van der Waals surface area contributed by atoms with Crippen molar-refractivity contribution in [1.82, 2.24) is 5.32 Å². The number of unbranched alkanes of at least 4 members (excludes halogenated alkanes) is 1. The van der Waals surface area contributed by atoms with E-state index < -0.39 is 11.9 Å². The van der Waals surface area contributed by atoms with E-state index in [9.17, 15) is 14.7 Å². The smallest absolute Gasteiger partial charge is 0.549 e. The van der Waals surface area contributed by atoms with E-state index in [-0.39, 0.29) is 47.1 Å². The van der Waals surface area contributed by atoms with Crippen molar-refractivity contribution in [2.75, 3.05) is 13.2 Å². The van der Waals surface area contributed by atoms with Crippen molar-refractivity contribution in [2.24, 2.45) is 0 Å². The Morgan fingerprint density at radius 3 is 2.44 bits per heavy atom. The molecule has 0 saturated carbocycles. The number of fused-ring (bicyclic) bond motifs is 1. The summed E-state index contributed by atoms with van der Waals surface area (Å²) in [5.74, 6) is -0.843. The molecule has 9 heteroatoms. The zero-order valence-electron chi connectivity index (χ0n) is 19.9. The Hall–Kier alpha value is -2.22. The zero-order chi connectivity index (χ0) is 24.8. The van der Waals surface area contributed by atoms with Crippen LogP contribution in [-0.2, 0) is 11.2 Å². The molecule has 36 heavy (non-hydrogen) atoms. The summed E-state index contributed by atoms with van der Waals surface area (Å²) in [5.41, 5.74) is 2.22. The Morgan fingerprint density at radius 2 is 1.75 bits per heavy atom. The molecule has 1 aliphatic rings. The molecule has 0 bridgehead atoms. The average Bonchev–Trinajstić information content (AvgIpc) is 2.85. The van der Waals surface area contributed by atoms with Gasteiger partial charge in [-0.1, -0.05) is 35.3 Å². The topological polar surface area (TPSA) is 87.7 Å². The van der Waals surface area contributed by atoms with Crippen molar-refractivity contribution in [3.8, 4) is 17.2 Å². The standard InChI is InChI=1S/C27H25Cl2NO5.Na/c28-19-8-4-17(5-9-19)3-1-2-13-30-26(31)18-6-10-20(11-7-18)35-25-16-24-22(15-23(25)29)21(27(32)33)12-14-34-24;/h4-11,15-16,21H,1-3,12-14H2,(H,30,31)(H,32,33);/q;+1/p-1. The minimum absolute atomic E-state index is 0. The van der Waals surface area contributed by atoms with Gasteiger partial charge in [-0.2, -0.15) is 0 Å². The molecule has 0 aromatic heterocycles. The number of carboxylic acid groups (broad SMARTS) is 1. The third-order valence-corrected chi connectivity index (χ3v) is 6.37. The Kier molecular flexibility index (Phi) is 10.5. The summed E-state index contributed by atoms with van der Waals surface area (Å²) in [6.45, 7) is 0.861. The molecule has 0 aliphatic carbocycles. The van der Waals surface area contributed by atoms with Crippen LogP contribution in [-0.4, -0.2) is 25.0 Å². The Balaban J connectivity index is 0.00000361. The fourth-order valence-electron chi connectivity index (χ4n) is 3.92. The molecule has 0 spiro atoms. The van der Waals surface area contributed by atoms with Crippen LogP contribution in [0, 0.1) is 0 Å². The number of carboxylic acids is 1. The molecule has 182 valence electrons. The van der Waals surface area contributed by atoms with Crippen LogP contribution in [0.5, 0.6) is 17.2 Å². The molecule has 1 unspecified atom stereocenters. The van der Waals surface area contributed by atoms with Crippen molar-refractivity contribution in [1.29, 1.82) is 0 Å². The summed E-state index contributed by atoms with van der Waals surface area (Å²) < 4.78 is 11.4. The second kappa shape index (κ2) is 13.4. The van der Waals surface area contributed by atoms with Crippen LogP contribution in [0.4, 0.5) is 0 Å².